The van der Waals surface area contributed by atoms with E-state index in [4.69, 9.17) is 11.6 Å². The topological polar surface area (TPSA) is 82.6 Å². The van der Waals surface area contributed by atoms with E-state index in [1.165, 1.54) is 12.1 Å². The van der Waals surface area contributed by atoms with Gasteiger partial charge in [-0.25, -0.2) is 13.4 Å². The highest BCUT2D eigenvalue weighted by molar-refractivity contribution is 7.92. The zero-order chi connectivity index (χ0) is 22.7. The van der Waals surface area contributed by atoms with Crippen LogP contribution in [0.5, 0.6) is 0 Å². The van der Waals surface area contributed by atoms with Crippen LogP contribution in [0.2, 0.25) is 5.02 Å². The maximum Gasteiger partial charge on any atom is 0.261 e. The lowest BCUT2D eigenvalue weighted by molar-refractivity contribution is 0.0746. The molecule has 4 rings (SSSR count). The highest BCUT2D eigenvalue weighted by Crippen LogP contribution is 2.21. The van der Waals surface area contributed by atoms with Crippen molar-refractivity contribution < 1.29 is 13.2 Å². The van der Waals surface area contributed by atoms with Crippen LogP contribution in [0.3, 0.4) is 0 Å². The second-order valence-corrected chi connectivity index (χ2v) is 9.68. The molecule has 0 atom stereocenters. The number of rotatable bonds is 5. The Hall–Kier alpha value is -3.10. The van der Waals surface area contributed by atoms with Crippen LogP contribution >= 0.6 is 11.6 Å². The van der Waals surface area contributed by atoms with Gasteiger partial charge < -0.3 is 9.80 Å². The fraction of sp³-hybridized carbons (Fsp3) is 0.217. The molecular weight excluding hydrogens is 448 g/mol. The van der Waals surface area contributed by atoms with Gasteiger partial charge in [-0.15, -0.1) is 0 Å². The smallest absolute Gasteiger partial charge is 0.261 e. The molecule has 0 aliphatic carbocycles. The largest absolute Gasteiger partial charge is 0.353 e. The number of sulfonamides is 1. The van der Waals surface area contributed by atoms with Gasteiger partial charge in [0.05, 0.1) is 15.6 Å². The van der Waals surface area contributed by atoms with Gasteiger partial charge in [-0.2, -0.15) is 0 Å². The molecule has 1 saturated heterocycles. The van der Waals surface area contributed by atoms with Crippen LogP contribution in [-0.4, -0.2) is 50.4 Å². The molecule has 1 amide bonds. The van der Waals surface area contributed by atoms with E-state index in [1.54, 1.807) is 41.4 Å². The first-order valence-corrected chi connectivity index (χ1v) is 12.0. The summed E-state index contributed by atoms with van der Waals surface area (Å²) in [4.78, 5) is 21.2. The molecule has 3 aromatic rings. The number of aromatic nitrogens is 1. The summed E-state index contributed by atoms with van der Waals surface area (Å²) in [5.74, 6) is 0.710. The number of nitrogens with zero attached hydrogens (tertiary/aromatic N) is 3. The van der Waals surface area contributed by atoms with Crippen molar-refractivity contribution in [2.45, 2.75) is 11.8 Å². The number of para-hydroxylation sites is 1. The van der Waals surface area contributed by atoms with Gasteiger partial charge in [0.15, 0.2) is 0 Å². The van der Waals surface area contributed by atoms with E-state index >= 15 is 0 Å². The molecule has 0 radical (unpaired) electrons. The number of pyridine rings is 1. The number of anilines is 2. The van der Waals surface area contributed by atoms with Gasteiger partial charge in [-0.3, -0.25) is 9.52 Å². The fourth-order valence-electron chi connectivity index (χ4n) is 3.54. The van der Waals surface area contributed by atoms with Crippen molar-refractivity contribution in [3.8, 4) is 0 Å². The number of carbonyl (C=O) groups is 1. The molecular formula is C23H23ClN4O3S. The third-order valence-corrected chi connectivity index (χ3v) is 7.01. The number of carbonyl (C=O) groups excluding carboxylic acids is 1. The quantitative estimate of drug-likeness (QED) is 0.613. The van der Waals surface area contributed by atoms with E-state index in [0.29, 0.717) is 42.5 Å². The zero-order valence-corrected chi connectivity index (χ0v) is 19.1. The Balaban J connectivity index is 1.40. The van der Waals surface area contributed by atoms with Crippen molar-refractivity contribution in [2.75, 3.05) is 35.8 Å². The maximum absolute atomic E-state index is 12.9. The number of benzene rings is 2. The molecule has 0 unspecified atom stereocenters. The summed E-state index contributed by atoms with van der Waals surface area (Å²) in [6.07, 6.45) is 1.61. The third kappa shape index (κ3) is 4.87. The molecule has 1 N–H and O–H groups in total. The second kappa shape index (κ2) is 9.18. The van der Waals surface area contributed by atoms with Crippen molar-refractivity contribution >= 4 is 39.0 Å². The van der Waals surface area contributed by atoms with Crippen molar-refractivity contribution in [1.29, 1.82) is 0 Å². The van der Waals surface area contributed by atoms with E-state index in [-0.39, 0.29) is 10.8 Å². The van der Waals surface area contributed by atoms with Crippen LogP contribution in [0.15, 0.2) is 71.8 Å². The summed E-state index contributed by atoms with van der Waals surface area (Å²) in [5, 5.41) is 0.585. The second-order valence-electron chi connectivity index (χ2n) is 7.56. The number of piperazine rings is 1. The van der Waals surface area contributed by atoms with Crippen molar-refractivity contribution in [3.05, 3.63) is 83.0 Å². The zero-order valence-electron chi connectivity index (χ0n) is 17.5. The first-order chi connectivity index (χ1) is 15.3. The molecule has 1 aliphatic heterocycles. The van der Waals surface area contributed by atoms with E-state index in [1.807, 2.05) is 25.1 Å². The molecule has 166 valence electrons. The van der Waals surface area contributed by atoms with Crippen molar-refractivity contribution in [3.63, 3.8) is 0 Å². The molecule has 9 heteroatoms. The van der Waals surface area contributed by atoms with Gasteiger partial charge in [-0.05, 0) is 55.0 Å². The summed E-state index contributed by atoms with van der Waals surface area (Å²) >= 11 is 5.89. The number of aryl methyl sites for hydroxylation is 1. The van der Waals surface area contributed by atoms with Crippen molar-refractivity contribution in [1.82, 2.24) is 9.88 Å². The summed E-state index contributed by atoms with van der Waals surface area (Å²) in [6, 6.07) is 16.9. The number of halogens is 1. The van der Waals surface area contributed by atoms with Gasteiger partial charge in [-0.1, -0.05) is 29.8 Å². The summed E-state index contributed by atoms with van der Waals surface area (Å²) in [5.41, 5.74) is 1.81. The average Bonchev–Trinajstić information content (AvgIpc) is 2.81. The molecule has 32 heavy (non-hydrogen) atoms. The maximum atomic E-state index is 12.9. The number of amides is 1. The highest BCUT2D eigenvalue weighted by Gasteiger charge is 2.23. The molecule has 0 spiro atoms. The molecule has 7 nitrogen and oxygen atoms in total. The van der Waals surface area contributed by atoms with Gasteiger partial charge in [0.25, 0.3) is 15.9 Å². The van der Waals surface area contributed by atoms with Crippen LogP contribution in [0.25, 0.3) is 0 Å². The third-order valence-electron chi connectivity index (χ3n) is 5.40. The van der Waals surface area contributed by atoms with Gasteiger partial charge in [0.1, 0.15) is 5.82 Å². The predicted molar refractivity (Wildman–Crippen MR) is 126 cm³/mol. The number of hydrogen-bond acceptors (Lipinski definition) is 5. The van der Waals surface area contributed by atoms with Gasteiger partial charge >= 0.3 is 0 Å². The van der Waals surface area contributed by atoms with Crippen LogP contribution in [-0.2, 0) is 10.0 Å². The molecule has 1 aliphatic rings. The minimum Gasteiger partial charge on any atom is -0.353 e. The Bertz CT molecular complexity index is 1210. The fourth-order valence-corrected chi connectivity index (χ4v) is 4.79. The summed E-state index contributed by atoms with van der Waals surface area (Å²) in [7, 11) is -3.74. The molecule has 1 aromatic heterocycles. The monoisotopic (exact) mass is 470 g/mol. The van der Waals surface area contributed by atoms with Crippen LogP contribution in [0.4, 0.5) is 11.5 Å². The normalized spacial score (nSPS) is 14.3. The Labute approximate surface area is 192 Å². The van der Waals surface area contributed by atoms with Crippen LogP contribution in [0, 0.1) is 6.92 Å². The Morgan fingerprint density at radius 2 is 1.66 bits per heavy atom. The van der Waals surface area contributed by atoms with Crippen LogP contribution < -0.4 is 9.62 Å². The lowest BCUT2D eigenvalue weighted by Crippen LogP contribution is -2.49. The molecule has 0 bridgehead atoms. The summed E-state index contributed by atoms with van der Waals surface area (Å²) < 4.78 is 28.0. The SMILES string of the molecule is Cc1ccccc1NS(=O)(=O)c1ccc(C(=O)N2CCN(c3ccc(Cl)cn3)CC2)cc1. The minimum atomic E-state index is -3.74. The van der Waals surface area contributed by atoms with E-state index in [2.05, 4.69) is 14.6 Å². The number of hydrogen-bond donors (Lipinski definition) is 1. The van der Waals surface area contributed by atoms with Crippen molar-refractivity contribution in [2.24, 2.45) is 0 Å². The standard InChI is InChI=1S/C23H23ClN4O3S/c1-17-4-2-3-5-21(17)26-32(30,31)20-9-6-18(7-10-20)23(29)28-14-12-27(13-15-28)22-11-8-19(24)16-25-22/h2-11,16,26H,12-15H2,1H3. The van der Waals surface area contributed by atoms with E-state index in [9.17, 15) is 13.2 Å². The lowest BCUT2D eigenvalue weighted by atomic mass is 10.2. The first-order valence-electron chi connectivity index (χ1n) is 10.2. The van der Waals surface area contributed by atoms with E-state index in [0.717, 1.165) is 11.4 Å². The minimum absolute atomic E-state index is 0.107. The Morgan fingerprint density at radius 3 is 2.28 bits per heavy atom. The Morgan fingerprint density at radius 1 is 0.969 bits per heavy atom. The van der Waals surface area contributed by atoms with E-state index < -0.39 is 10.0 Å². The average molecular weight is 471 g/mol. The van der Waals surface area contributed by atoms with Gasteiger partial charge in [0.2, 0.25) is 0 Å². The van der Waals surface area contributed by atoms with Gasteiger partial charge in [0, 0.05) is 37.9 Å². The molecule has 0 saturated carbocycles. The highest BCUT2D eigenvalue weighted by atomic mass is 35.5. The Kier molecular flexibility index (Phi) is 6.34. The molecule has 1 fully saturated rings. The first kappa shape index (κ1) is 22.1. The summed E-state index contributed by atoms with van der Waals surface area (Å²) in [6.45, 7) is 4.26. The molecule has 2 aromatic carbocycles. The van der Waals surface area contributed by atoms with Crippen LogP contribution in [0.1, 0.15) is 15.9 Å². The molecule has 2 heterocycles. The lowest BCUT2D eigenvalue weighted by Gasteiger charge is -2.35. The predicted octanol–water partition coefficient (Wildman–Crippen LogP) is 3.81. The number of nitrogens with one attached hydrogen (secondary N) is 1.